The molecule has 0 aromatic carbocycles. The molecule has 0 spiro atoms. The molecule has 0 saturated heterocycles. The summed E-state index contributed by atoms with van der Waals surface area (Å²) in [5.74, 6) is 0. The Morgan fingerprint density at radius 2 is 2.00 bits per heavy atom. The lowest BCUT2D eigenvalue weighted by molar-refractivity contribution is -0.215. The zero-order valence-corrected chi connectivity index (χ0v) is 5.61. The van der Waals surface area contributed by atoms with E-state index < -0.39 is 18.8 Å². The average Bonchev–Trinajstić information content (AvgIpc) is 1.80. The fourth-order valence-corrected chi connectivity index (χ4v) is 0.497. The molecule has 0 bridgehead atoms. The summed E-state index contributed by atoms with van der Waals surface area (Å²) in [4.78, 5) is 0. The lowest BCUT2D eigenvalue weighted by Gasteiger charge is -2.17. The van der Waals surface area contributed by atoms with Crippen LogP contribution in [-0.4, -0.2) is 25.4 Å². The molecule has 0 rings (SSSR count). The van der Waals surface area contributed by atoms with Gasteiger partial charge in [-0.25, -0.2) is 0 Å². The van der Waals surface area contributed by atoms with Crippen LogP contribution in [0.15, 0.2) is 0 Å². The minimum absolute atomic E-state index is 0.0291. The predicted octanol–water partition coefficient (Wildman–Crippen LogP) is 0.912. The van der Waals surface area contributed by atoms with Crippen molar-refractivity contribution in [1.82, 2.24) is 0 Å². The first-order valence-electron chi connectivity index (χ1n) is 2.90. The van der Waals surface area contributed by atoms with Gasteiger partial charge in [-0.1, -0.05) is 0 Å². The molecule has 2 N–H and O–H groups in total. The second-order valence-electron chi connectivity index (χ2n) is 1.72. The smallest absolute Gasteiger partial charge is 0.368 e. The highest BCUT2D eigenvalue weighted by Crippen LogP contribution is 2.21. The monoisotopic (exact) mass is 157 g/mol. The van der Waals surface area contributed by atoms with Gasteiger partial charge in [-0.2, -0.15) is 13.2 Å². The van der Waals surface area contributed by atoms with Crippen LogP contribution < -0.4 is 5.73 Å². The largest absolute Gasteiger partial charge is 0.415 e. The SMILES string of the molecule is CCO[C@@H](CN)C(F)(F)F. The van der Waals surface area contributed by atoms with Crippen molar-refractivity contribution in [3.05, 3.63) is 0 Å². The van der Waals surface area contributed by atoms with Crippen LogP contribution in [-0.2, 0) is 4.74 Å². The van der Waals surface area contributed by atoms with Gasteiger partial charge < -0.3 is 10.5 Å². The second kappa shape index (κ2) is 3.78. The zero-order chi connectivity index (χ0) is 8.20. The molecule has 0 amide bonds. The third kappa shape index (κ3) is 3.03. The van der Waals surface area contributed by atoms with E-state index in [2.05, 4.69) is 4.74 Å². The topological polar surface area (TPSA) is 35.2 Å². The van der Waals surface area contributed by atoms with Gasteiger partial charge in [0.1, 0.15) is 0 Å². The molecule has 5 heteroatoms. The van der Waals surface area contributed by atoms with Crippen molar-refractivity contribution in [2.24, 2.45) is 5.73 Å². The quantitative estimate of drug-likeness (QED) is 0.660. The number of halogens is 3. The summed E-state index contributed by atoms with van der Waals surface area (Å²) in [5.41, 5.74) is 4.80. The van der Waals surface area contributed by atoms with Crippen molar-refractivity contribution in [2.75, 3.05) is 13.2 Å². The van der Waals surface area contributed by atoms with Gasteiger partial charge in [0.25, 0.3) is 0 Å². The Bertz CT molecular complexity index is 93.4. The molecular formula is C5H10F3NO. The van der Waals surface area contributed by atoms with E-state index in [9.17, 15) is 13.2 Å². The van der Waals surface area contributed by atoms with Gasteiger partial charge in [0.2, 0.25) is 0 Å². The summed E-state index contributed by atoms with van der Waals surface area (Å²) in [6, 6.07) is 0. The second-order valence-corrected chi connectivity index (χ2v) is 1.72. The molecule has 0 aromatic rings. The third-order valence-corrected chi connectivity index (χ3v) is 0.947. The molecule has 0 unspecified atom stereocenters. The van der Waals surface area contributed by atoms with E-state index in [1.807, 2.05) is 0 Å². The molecule has 10 heavy (non-hydrogen) atoms. The maximum atomic E-state index is 11.7. The molecular weight excluding hydrogens is 147 g/mol. The van der Waals surface area contributed by atoms with E-state index in [0.717, 1.165) is 0 Å². The van der Waals surface area contributed by atoms with Gasteiger partial charge in [-0.3, -0.25) is 0 Å². The van der Waals surface area contributed by atoms with Crippen LogP contribution in [0.25, 0.3) is 0 Å². The summed E-state index contributed by atoms with van der Waals surface area (Å²) >= 11 is 0. The molecule has 0 aliphatic carbocycles. The van der Waals surface area contributed by atoms with Crippen LogP contribution in [0.3, 0.4) is 0 Å². The van der Waals surface area contributed by atoms with Crippen molar-refractivity contribution in [2.45, 2.75) is 19.2 Å². The van der Waals surface area contributed by atoms with E-state index in [1.165, 1.54) is 6.92 Å². The Balaban J connectivity index is 3.81. The third-order valence-electron chi connectivity index (χ3n) is 0.947. The van der Waals surface area contributed by atoms with Crippen LogP contribution in [0, 0.1) is 0 Å². The van der Waals surface area contributed by atoms with Gasteiger partial charge in [-0.15, -0.1) is 0 Å². The predicted molar refractivity (Wildman–Crippen MR) is 30.5 cm³/mol. The first kappa shape index (κ1) is 9.71. The Morgan fingerprint density at radius 3 is 2.10 bits per heavy atom. The summed E-state index contributed by atoms with van der Waals surface area (Å²) in [5, 5.41) is 0. The molecule has 0 fully saturated rings. The first-order chi connectivity index (χ1) is 4.52. The first-order valence-corrected chi connectivity index (χ1v) is 2.90. The fraction of sp³-hybridized carbons (Fsp3) is 1.00. The molecule has 0 saturated carbocycles. The summed E-state index contributed by atoms with van der Waals surface area (Å²) in [6.45, 7) is 1.01. The van der Waals surface area contributed by atoms with E-state index in [0.29, 0.717) is 0 Å². The number of alkyl halides is 3. The Morgan fingerprint density at radius 1 is 1.50 bits per heavy atom. The number of ether oxygens (including phenoxy) is 1. The minimum atomic E-state index is -4.33. The van der Waals surface area contributed by atoms with Crippen LogP contribution >= 0.6 is 0 Å². The van der Waals surface area contributed by atoms with Crippen LogP contribution in [0.1, 0.15) is 6.92 Å². The molecule has 2 nitrogen and oxygen atoms in total. The minimum Gasteiger partial charge on any atom is -0.368 e. The maximum Gasteiger partial charge on any atom is 0.415 e. The fourth-order valence-electron chi connectivity index (χ4n) is 0.497. The summed E-state index contributed by atoms with van der Waals surface area (Å²) in [6.07, 6.45) is -6.14. The molecule has 0 radical (unpaired) electrons. The Kier molecular flexibility index (Phi) is 3.67. The van der Waals surface area contributed by atoms with E-state index >= 15 is 0 Å². The Labute approximate surface area is 57.1 Å². The van der Waals surface area contributed by atoms with Gasteiger partial charge >= 0.3 is 6.18 Å². The molecule has 0 aliphatic heterocycles. The number of rotatable bonds is 3. The lowest BCUT2D eigenvalue weighted by Crippen LogP contribution is -2.38. The van der Waals surface area contributed by atoms with Crippen molar-refractivity contribution >= 4 is 0 Å². The maximum absolute atomic E-state index is 11.7. The normalized spacial score (nSPS) is 15.3. The van der Waals surface area contributed by atoms with E-state index in [-0.39, 0.29) is 6.61 Å². The van der Waals surface area contributed by atoms with Gasteiger partial charge in [0.15, 0.2) is 6.10 Å². The molecule has 62 valence electrons. The number of hydrogen-bond acceptors (Lipinski definition) is 2. The van der Waals surface area contributed by atoms with Gasteiger partial charge in [-0.05, 0) is 6.92 Å². The molecule has 0 aromatic heterocycles. The Hall–Kier alpha value is -0.290. The zero-order valence-electron chi connectivity index (χ0n) is 5.61. The highest BCUT2D eigenvalue weighted by Gasteiger charge is 2.39. The lowest BCUT2D eigenvalue weighted by atomic mass is 10.3. The van der Waals surface area contributed by atoms with Crippen molar-refractivity contribution in [3.63, 3.8) is 0 Å². The number of nitrogens with two attached hydrogens (primary N) is 1. The highest BCUT2D eigenvalue weighted by atomic mass is 19.4. The standard InChI is InChI=1S/C5H10F3NO/c1-2-10-4(3-9)5(6,7)8/h4H,2-3,9H2,1H3/t4-/m0/s1. The molecule has 0 aliphatic rings. The number of hydrogen-bond donors (Lipinski definition) is 1. The van der Waals surface area contributed by atoms with Crippen LogP contribution in [0.2, 0.25) is 0 Å². The van der Waals surface area contributed by atoms with Gasteiger partial charge in [0.05, 0.1) is 0 Å². The average molecular weight is 157 g/mol. The van der Waals surface area contributed by atoms with Crippen LogP contribution in [0.5, 0.6) is 0 Å². The summed E-state index contributed by atoms with van der Waals surface area (Å²) in [7, 11) is 0. The van der Waals surface area contributed by atoms with Crippen molar-refractivity contribution in [1.29, 1.82) is 0 Å². The van der Waals surface area contributed by atoms with Crippen molar-refractivity contribution < 1.29 is 17.9 Å². The summed E-state index contributed by atoms with van der Waals surface area (Å²) < 4.78 is 39.4. The van der Waals surface area contributed by atoms with Crippen molar-refractivity contribution in [3.8, 4) is 0 Å². The van der Waals surface area contributed by atoms with Gasteiger partial charge in [0, 0.05) is 13.2 Å². The van der Waals surface area contributed by atoms with Crippen LogP contribution in [0.4, 0.5) is 13.2 Å². The van der Waals surface area contributed by atoms with E-state index in [4.69, 9.17) is 5.73 Å². The van der Waals surface area contributed by atoms with E-state index in [1.54, 1.807) is 0 Å². The molecule has 1 atom stereocenters. The highest BCUT2D eigenvalue weighted by molar-refractivity contribution is 4.67. The molecule has 0 heterocycles.